The molecule has 1 unspecified atom stereocenters. The van der Waals surface area contributed by atoms with E-state index in [-0.39, 0.29) is 16.8 Å². The number of hydrogen-bond acceptors (Lipinski definition) is 4. The van der Waals surface area contributed by atoms with E-state index < -0.39 is 10.0 Å². The topological polar surface area (TPSA) is 66.9 Å². The number of hydrogen-bond donors (Lipinski definition) is 0. The Labute approximate surface area is 150 Å². The predicted molar refractivity (Wildman–Crippen MR) is 97.0 cm³/mol. The van der Waals surface area contributed by atoms with Crippen LogP contribution in [0.3, 0.4) is 0 Å². The molecule has 0 spiro atoms. The van der Waals surface area contributed by atoms with Gasteiger partial charge in [0, 0.05) is 31.2 Å². The van der Waals surface area contributed by atoms with Gasteiger partial charge in [-0.05, 0) is 38.0 Å². The number of benzene rings is 1. The fourth-order valence-electron chi connectivity index (χ4n) is 2.87. The van der Waals surface area contributed by atoms with Crippen molar-refractivity contribution in [1.82, 2.24) is 9.21 Å². The van der Waals surface area contributed by atoms with Gasteiger partial charge >= 0.3 is 0 Å². The van der Waals surface area contributed by atoms with Crippen LogP contribution < -0.4 is 0 Å². The van der Waals surface area contributed by atoms with Crippen molar-refractivity contribution in [2.75, 3.05) is 32.8 Å². The van der Waals surface area contributed by atoms with E-state index >= 15 is 0 Å². The Morgan fingerprint density at radius 3 is 2.44 bits per heavy atom. The first kappa shape index (κ1) is 19.9. The van der Waals surface area contributed by atoms with Gasteiger partial charge in [-0.25, -0.2) is 8.42 Å². The average molecular weight is 368 g/mol. The summed E-state index contributed by atoms with van der Waals surface area (Å²) in [5, 5.41) is 0. The van der Waals surface area contributed by atoms with Crippen molar-refractivity contribution in [2.45, 2.75) is 38.6 Å². The number of rotatable bonds is 6. The lowest BCUT2D eigenvalue weighted by atomic mass is 10.0. The van der Waals surface area contributed by atoms with Gasteiger partial charge < -0.3 is 9.64 Å². The summed E-state index contributed by atoms with van der Waals surface area (Å²) >= 11 is 0. The predicted octanol–water partition coefficient (Wildman–Crippen LogP) is 2.21. The van der Waals surface area contributed by atoms with Gasteiger partial charge in [-0.1, -0.05) is 19.9 Å². The Bertz CT molecular complexity index is 697. The molecule has 0 N–H and O–H groups in total. The molecule has 1 amide bonds. The summed E-state index contributed by atoms with van der Waals surface area (Å²) in [5.41, 5.74) is 0.406. The number of ether oxygens (including phenoxy) is 1. The minimum atomic E-state index is -3.60. The molecule has 1 heterocycles. The second-order valence-corrected chi connectivity index (χ2v) is 8.56. The van der Waals surface area contributed by atoms with Crippen LogP contribution in [0.25, 0.3) is 0 Å². The maximum Gasteiger partial charge on any atom is 0.254 e. The van der Waals surface area contributed by atoms with Crippen LogP contribution in [0.15, 0.2) is 29.2 Å². The molecule has 0 aromatic heterocycles. The van der Waals surface area contributed by atoms with Crippen molar-refractivity contribution in [1.29, 1.82) is 0 Å². The zero-order valence-corrected chi connectivity index (χ0v) is 16.3. The standard InChI is InChI=1S/C18H28N2O4S/c1-5-20(15(4)14(2)3)18(21)16-7-6-8-17(13-16)25(22,23)19-9-11-24-12-10-19/h6-8,13-15H,5,9-12H2,1-4H3. The SMILES string of the molecule is CCN(C(=O)c1cccc(S(=O)(=O)N2CCOCC2)c1)C(C)C(C)C. The summed E-state index contributed by atoms with van der Waals surface area (Å²) in [5.74, 6) is 0.187. The van der Waals surface area contributed by atoms with E-state index in [1.807, 2.05) is 13.8 Å². The molecular formula is C18H28N2O4S. The summed E-state index contributed by atoms with van der Waals surface area (Å²) in [6.45, 7) is 10.1. The van der Waals surface area contributed by atoms with Crippen molar-refractivity contribution < 1.29 is 17.9 Å². The van der Waals surface area contributed by atoms with Crippen molar-refractivity contribution in [3.8, 4) is 0 Å². The molecule has 1 saturated heterocycles. The third kappa shape index (κ3) is 4.40. The van der Waals surface area contributed by atoms with Crippen LogP contribution in [0.5, 0.6) is 0 Å². The first-order valence-electron chi connectivity index (χ1n) is 8.78. The van der Waals surface area contributed by atoms with Crippen LogP contribution in [-0.4, -0.2) is 62.4 Å². The molecule has 6 nitrogen and oxygen atoms in total. The number of amides is 1. The molecule has 1 aromatic carbocycles. The average Bonchev–Trinajstić information content (AvgIpc) is 2.62. The highest BCUT2D eigenvalue weighted by atomic mass is 32.2. The molecule has 0 saturated carbocycles. The van der Waals surface area contributed by atoms with Gasteiger partial charge in [0.2, 0.25) is 10.0 Å². The largest absolute Gasteiger partial charge is 0.379 e. The highest BCUT2D eigenvalue weighted by Gasteiger charge is 2.28. The van der Waals surface area contributed by atoms with Gasteiger partial charge in [-0.2, -0.15) is 4.31 Å². The molecule has 0 bridgehead atoms. The van der Waals surface area contributed by atoms with E-state index in [2.05, 4.69) is 13.8 Å². The lowest BCUT2D eigenvalue weighted by Crippen LogP contribution is -2.42. The zero-order chi connectivity index (χ0) is 18.6. The molecule has 2 rings (SSSR count). The van der Waals surface area contributed by atoms with Crippen LogP contribution in [0.4, 0.5) is 0 Å². The van der Waals surface area contributed by atoms with Gasteiger partial charge in [0.15, 0.2) is 0 Å². The van der Waals surface area contributed by atoms with Crippen LogP contribution >= 0.6 is 0 Å². The molecule has 25 heavy (non-hydrogen) atoms. The zero-order valence-electron chi connectivity index (χ0n) is 15.4. The van der Waals surface area contributed by atoms with Crippen LogP contribution in [-0.2, 0) is 14.8 Å². The maximum atomic E-state index is 12.9. The van der Waals surface area contributed by atoms with Crippen molar-refractivity contribution in [3.05, 3.63) is 29.8 Å². The van der Waals surface area contributed by atoms with E-state index in [0.717, 1.165) is 0 Å². The number of sulfonamides is 1. The minimum Gasteiger partial charge on any atom is -0.379 e. The summed E-state index contributed by atoms with van der Waals surface area (Å²) in [7, 11) is -3.60. The fraction of sp³-hybridized carbons (Fsp3) is 0.611. The van der Waals surface area contributed by atoms with E-state index in [9.17, 15) is 13.2 Å². The van der Waals surface area contributed by atoms with Crippen LogP contribution in [0.1, 0.15) is 38.1 Å². The van der Waals surface area contributed by atoms with Gasteiger partial charge in [-0.3, -0.25) is 4.79 Å². The summed E-state index contributed by atoms with van der Waals surface area (Å²) < 4.78 is 32.2. The normalized spacial score (nSPS) is 17.5. The highest BCUT2D eigenvalue weighted by molar-refractivity contribution is 7.89. The van der Waals surface area contributed by atoms with E-state index in [0.29, 0.717) is 44.3 Å². The molecule has 140 valence electrons. The summed E-state index contributed by atoms with van der Waals surface area (Å²) in [4.78, 5) is 14.8. The monoisotopic (exact) mass is 368 g/mol. The number of morpholine rings is 1. The quantitative estimate of drug-likeness (QED) is 0.772. The summed E-state index contributed by atoms with van der Waals surface area (Å²) in [6, 6.07) is 6.43. The Kier molecular flexibility index (Phi) is 6.59. The first-order valence-corrected chi connectivity index (χ1v) is 10.2. The first-order chi connectivity index (χ1) is 11.8. The lowest BCUT2D eigenvalue weighted by Gasteiger charge is -2.31. The third-order valence-corrected chi connectivity index (χ3v) is 6.64. The van der Waals surface area contributed by atoms with Crippen molar-refractivity contribution >= 4 is 15.9 Å². The van der Waals surface area contributed by atoms with Gasteiger partial charge in [-0.15, -0.1) is 0 Å². The Hall–Kier alpha value is -1.44. The molecule has 1 aliphatic rings. The number of nitrogens with zero attached hydrogens (tertiary/aromatic N) is 2. The molecule has 1 fully saturated rings. The van der Waals surface area contributed by atoms with E-state index in [4.69, 9.17) is 4.74 Å². The maximum absolute atomic E-state index is 12.9. The fourth-order valence-corrected chi connectivity index (χ4v) is 4.32. The third-order valence-electron chi connectivity index (χ3n) is 4.75. The van der Waals surface area contributed by atoms with Gasteiger partial charge in [0.1, 0.15) is 0 Å². The van der Waals surface area contributed by atoms with Crippen LogP contribution in [0.2, 0.25) is 0 Å². The Morgan fingerprint density at radius 2 is 1.88 bits per heavy atom. The molecular weight excluding hydrogens is 340 g/mol. The van der Waals surface area contributed by atoms with Crippen molar-refractivity contribution in [2.24, 2.45) is 5.92 Å². The van der Waals surface area contributed by atoms with Crippen LogP contribution in [0, 0.1) is 5.92 Å². The Balaban J connectivity index is 2.30. The second kappa shape index (κ2) is 8.29. The molecule has 7 heteroatoms. The molecule has 1 aliphatic heterocycles. The van der Waals surface area contributed by atoms with Gasteiger partial charge in [0.05, 0.1) is 18.1 Å². The lowest BCUT2D eigenvalue weighted by molar-refractivity contribution is 0.0660. The molecule has 0 radical (unpaired) electrons. The van der Waals surface area contributed by atoms with E-state index in [1.165, 1.54) is 10.4 Å². The number of carbonyl (C=O) groups is 1. The molecule has 1 atom stereocenters. The highest BCUT2D eigenvalue weighted by Crippen LogP contribution is 2.20. The summed E-state index contributed by atoms with van der Waals surface area (Å²) in [6.07, 6.45) is 0. The van der Waals surface area contributed by atoms with Crippen molar-refractivity contribution in [3.63, 3.8) is 0 Å². The van der Waals surface area contributed by atoms with E-state index in [1.54, 1.807) is 23.1 Å². The Morgan fingerprint density at radius 1 is 1.24 bits per heavy atom. The molecule has 1 aromatic rings. The number of carbonyl (C=O) groups excluding carboxylic acids is 1. The van der Waals surface area contributed by atoms with Gasteiger partial charge in [0.25, 0.3) is 5.91 Å². The second-order valence-electron chi connectivity index (χ2n) is 6.62. The minimum absolute atomic E-state index is 0.0806. The smallest absolute Gasteiger partial charge is 0.254 e. The molecule has 0 aliphatic carbocycles.